The Morgan fingerprint density at radius 2 is 2.05 bits per heavy atom. The highest BCUT2D eigenvalue weighted by Gasteiger charge is 2.52. The number of fused-ring (bicyclic) bond motifs is 1. The van der Waals surface area contributed by atoms with E-state index < -0.39 is 11.4 Å². The number of piperidine rings is 1. The molecule has 0 bridgehead atoms. The largest absolute Gasteiger partial charge is 0.598 e. The summed E-state index contributed by atoms with van der Waals surface area (Å²) in [5.74, 6) is 2.83. The summed E-state index contributed by atoms with van der Waals surface area (Å²) in [5, 5.41) is 4.78. The molecule has 0 aliphatic carbocycles. The Morgan fingerprint density at radius 1 is 1.32 bits per heavy atom. The van der Waals surface area contributed by atoms with Gasteiger partial charge in [-0.05, 0) is 52.7 Å². The van der Waals surface area contributed by atoms with Gasteiger partial charge >= 0.3 is 0 Å². The quantitative estimate of drug-likeness (QED) is 0.433. The predicted molar refractivity (Wildman–Crippen MR) is 152 cm³/mol. The molecule has 2 fully saturated rings. The van der Waals surface area contributed by atoms with Gasteiger partial charge in [-0.15, -0.1) is 4.72 Å². The third-order valence-electron chi connectivity index (χ3n) is 7.56. The predicted octanol–water partition coefficient (Wildman–Crippen LogP) is 3.86. The number of pyridine rings is 1. The van der Waals surface area contributed by atoms with Gasteiger partial charge in [-0.2, -0.15) is 5.10 Å². The Morgan fingerprint density at radius 3 is 2.74 bits per heavy atom. The van der Waals surface area contributed by atoms with E-state index in [9.17, 15) is 9.35 Å². The van der Waals surface area contributed by atoms with Crippen molar-refractivity contribution in [1.82, 2.24) is 24.1 Å². The molecule has 0 radical (unpaired) electrons. The second-order valence-corrected chi connectivity index (χ2v) is 14.5. The standard InChI is InChI=1S/C26H33ClN6O3S2/c1-17-23(30-38(35)25(2,3)4)26(16-36-17)8-12-32(13-9-26)24-28-14-21(19(15-34)31(24)5)37-20-7-11-33-18(22(20)27)6-10-29-33/h6-7,10-11,14,17,23,30H,8-9,12-13,16H2,1-5H3/t17-,23+,38+/m0/s1. The summed E-state index contributed by atoms with van der Waals surface area (Å²) in [5.41, 5.74) is 1.13. The van der Waals surface area contributed by atoms with E-state index in [0.717, 1.165) is 42.3 Å². The molecule has 1 N–H and O–H groups in total. The smallest absolute Gasteiger partial charge is 0.206 e. The van der Waals surface area contributed by atoms with Crippen molar-refractivity contribution in [2.45, 2.75) is 62.3 Å². The fraction of sp³-hybridized carbons (Fsp3) is 0.538. The van der Waals surface area contributed by atoms with E-state index in [0.29, 0.717) is 22.2 Å². The fourth-order valence-electron chi connectivity index (χ4n) is 5.26. The summed E-state index contributed by atoms with van der Waals surface area (Å²) in [4.78, 5) is 22.3. The molecule has 12 heteroatoms. The van der Waals surface area contributed by atoms with Crippen LogP contribution in [0.25, 0.3) is 5.52 Å². The van der Waals surface area contributed by atoms with Gasteiger partial charge in [0.1, 0.15) is 10.4 Å². The van der Waals surface area contributed by atoms with Crippen LogP contribution in [0.15, 0.2) is 51.2 Å². The Labute approximate surface area is 235 Å². The normalized spacial score (nSPS) is 24.6. The number of aromatic nitrogens is 2. The van der Waals surface area contributed by atoms with Crippen LogP contribution < -0.4 is 4.72 Å². The molecular formula is C26H33ClN6O3S2. The summed E-state index contributed by atoms with van der Waals surface area (Å²) in [6.45, 7) is 10.1. The van der Waals surface area contributed by atoms with Gasteiger partial charge in [0.05, 0.1) is 40.4 Å². The van der Waals surface area contributed by atoms with Crippen LogP contribution in [0.2, 0.25) is 5.02 Å². The summed E-state index contributed by atoms with van der Waals surface area (Å²) >= 11 is 6.82. The van der Waals surface area contributed by atoms with E-state index in [1.807, 2.05) is 46.1 Å². The molecule has 5 heterocycles. The monoisotopic (exact) mass is 576 g/mol. The van der Waals surface area contributed by atoms with E-state index in [2.05, 4.69) is 27.6 Å². The molecule has 2 aromatic rings. The lowest BCUT2D eigenvalue weighted by molar-refractivity contribution is 0.0820. The lowest BCUT2D eigenvalue weighted by Crippen LogP contribution is -2.58. The zero-order valence-electron chi connectivity index (χ0n) is 22.2. The molecule has 0 amide bonds. The number of likely N-dealkylation sites (N-methyl/N-ethyl adjacent to an activating group) is 1. The number of carbonyl (C=O) groups excluding carboxylic acids is 1. The van der Waals surface area contributed by atoms with Crippen molar-refractivity contribution < 1.29 is 14.1 Å². The summed E-state index contributed by atoms with van der Waals surface area (Å²) in [7, 11) is 1.84. The highest BCUT2D eigenvalue weighted by Crippen LogP contribution is 2.44. The number of halogens is 1. The van der Waals surface area contributed by atoms with Gasteiger partial charge < -0.3 is 19.1 Å². The second kappa shape index (κ2) is 10.5. The van der Waals surface area contributed by atoms with Crippen molar-refractivity contribution in [3.63, 3.8) is 0 Å². The number of nitrogens with one attached hydrogen (secondary N) is 1. The summed E-state index contributed by atoms with van der Waals surface area (Å²) in [6.07, 6.45) is 6.99. The van der Waals surface area contributed by atoms with Crippen LogP contribution in [-0.4, -0.2) is 79.5 Å². The number of ether oxygens (including phenoxy) is 1. The third kappa shape index (κ3) is 5.01. The zero-order chi connectivity index (χ0) is 27.2. The summed E-state index contributed by atoms with van der Waals surface area (Å²) < 4.78 is 23.7. The number of aliphatic imine (C=N–C) groups is 1. The lowest BCUT2D eigenvalue weighted by atomic mass is 9.73. The molecule has 0 unspecified atom stereocenters. The minimum atomic E-state index is -1.17. The Balaban J connectivity index is 1.32. The van der Waals surface area contributed by atoms with Gasteiger partial charge in [-0.3, -0.25) is 0 Å². The van der Waals surface area contributed by atoms with E-state index in [4.69, 9.17) is 21.3 Å². The van der Waals surface area contributed by atoms with Gasteiger partial charge in [0.2, 0.25) is 5.96 Å². The second-order valence-electron chi connectivity index (χ2n) is 11.0. The molecule has 3 aliphatic heterocycles. The van der Waals surface area contributed by atoms with Crippen LogP contribution >= 0.6 is 23.4 Å². The van der Waals surface area contributed by atoms with Crippen LogP contribution in [0.1, 0.15) is 40.5 Å². The number of guanidine groups is 1. The van der Waals surface area contributed by atoms with Gasteiger partial charge in [-0.1, -0.05) is 23.4 Å². The van der Waals surface area contributed by atoms with Crippen molar-refractivity contribution in [2.75, 3.05) is 26.7 Å². The van der Waals surface area contributed by atoms with Crippen LogP contribution in [-0.2, 0) is 20.9 Å². The minimum absolute atomic E-state index is 0.0109. The minimum Gasteiger partial charge on any atom is -0.598 e. The maximum Gasteiger partial charge on any atom is 0.206 e. The summed E-state index contributed by atoms with van der Waals surface area (Å²) in [6, 6.07) is 3.74. The van der Waals surface area contributed by atoms with Gasteiger partial charge in [0.15, 0.2) is 5.94 Å². The van der Waals surface area contributed by atoms with Crippen LogP contribution in [0.3, 0.4) is 0 Å². The Kier molecular flexibility index (Phi) is 7.65. The van der Waals surface area contributed by atoms with E-state index >= 15 is 0 Å². The number of thioether (sulfide) groups is 1. The van der Waals surface area contributed by atoms with Crippen LogP contribution in [0, 0.1) is 5.41 Å². The SMILES string of the molecule is C[C@@H]1OCC2(CCN(C3=NC=C(Sc4ccn5nccc5c4Cl)C(=C=O)N3C)CC2)[C@@H]1N[S@+]([O-])C(C)(C)C. The van der Waals surface area contributed by atoms with Crippen LogP contribution in [0.4, 0.5) is 0 Å². The van der Waals surface area contributed by atoms with Crippen molar-refractivity contribution in [1.29, 1.82) is 0 Å². The molecule has 2 saturated heterocycles. The molecule has 3 aliphatic rings. The first kappa shape index (κ1) is 27.6. The van der Waals surface area contributed by atoms with E-state index in [1.54, 1.807) is 21.8 Å². The van der Waals surface area contributed by atoms with Crippen molar-refractivity contribution in [2.24, 2.45) is 10.4 Å². The number of hydrogen-bond donors (Lipinski definition) is 1. The van der Waals surface area contributed by atoms with Gasteiger partial charge in [0.25, 0.3) is 0 Å². The first-order chi connectivity index (χ1) is 18.0. The third-order valence-corrected chi connectivity index (χ3v) is 10.7. The number of nitrogens with zero attached hydrogens (tertiary/aromatic N) is 5. The van der Waals surface area contributed by atoms with Gasteiger partial charge in [-0.25, -0.2) is 14.3 Å². The van der Waals surface area contributed by atoms with Crippen molar-refractivity contribution >= 4 is 52.1 Å². The first-order valence-corrected chi connectivity index (χ1v) is 15.0. The molecule has 38 heavy (non-hydrogen) atoms. The topological polar surface area (TPSA) is 97.5 Å². The number of hydrogen-bond acceptors (Lipinski definition) is 9. The first-order valence-electron chi connectivity index (χ1n) is 12.7. The van der Waals surface area contributed by atoms with Gasteiger partial charge in [0, 0.05) is 54.2 Å². The molecule has 0 aromatic carbocycles. The average Bonchev–Trinajstić information content (AvgIpc) is 3.48. The Bertz CT molecular complexity index is 1320. The maximum absolute atomic E-state index is 12.9. The molecule has 0 saturated carbocycles. The van der Waals surface area contributed by atoms with Crippen molar-refractivity contribution in [3.8, 4) is 0 Å². The van der Waals surface area contributed by atoms with E-state index in [-0.39, 0.29) is 22.3 Å². The lowest BCUT2D eigenvalue weighted by Gasteiger charge is -2.45. The highest BCUT2D eigenvalue weighted by atomic mass is 35.5. The fourth-order valence-corrected chi connectivity index (χ4v) is 7.55. The van der Waals surface area contributed by atoms with Crippen LogP contribution in [0.5, 0.6) is 0 Å². The maximum atomic E-state index is 12.9. The molecule has 3 atom stereocenters. The Hall–Kier alpha value is -1.98. The average molecular weight is 577 g/mol. The molecule has 5 rings (SSSR count). The highest BCUT2D eigenvalue weighted by molar-refractivity contribution is 8.03. The zero-order valence-corrected chi connectivity index (χ0v) is 24.6. The van der Waals surface area contributed by atoms with Crippen molar-refractivity contribution in [3.05, 3.63) is 46.4 Å². The molecule has 1 spiro atoms. The molecular weight excluding hydrogens is 544 g/mol. The molecule has 204 valence electrons. The number of rotatable bonds is 4. The number of likely N-dealkylation sites (tertiary alicyclic amines) is 1. The molecule has 2 aromatic heterocycles. The van der Waals surface area contributed by atoms with E-state index in [1.165, 1.54) is 11.8 Å². The molecule has 9 nitrogen and oxygen atoms in total.